The molecule has 0 heterocycles. The van der Waals surface area contributed by atoms with Gasteiger partial charge in [0.05, 0.1) is 9.82 Å². The van der Waals surface area contributed by atoms with E-state index in [0.29, 0.717) is 0 Å². The van der Waals surface area contributed by atoms with Crippen LogP contribution in [0.3, 0.4) is 0 Å². The largest absolute Gasteiger partial charge is 0.269 e. The number of hydrogen-bond acceptors (Lipinski definition) is 4. The lowest BCUT2D eigenvalue weighted by Crippen LogP contribution is -2.33. The molecule has 1 aliphatic carbocycles. The Morgan fingerprint density at radius 1 is 1.12 bits per heavy atom. The Bertz CT molecular complexity index is 862. The van der Waals surface area contributed by atoms with Gasteiger partial charge in [0.1, 0.15) is 0 Å². The van der Waals surface area contributed by atoms with Gasteiger partial charge in [-0.25, -0.2) is 8.42 Å². The van der Waals surface area contributed by atoms with Crippen LogP contribution in [0.15, 0.2) is 53.4 Å². The van der Waals surface area contributed by atoms with Crippen molar-refractivity contribution >= 4 is 15.7 Å². The molecule has 0 saturated carbocycles. The molecule has 0 bridgehead atoms. The third kappa shape index (κ3) is 2.92. The zero-order valence-electron chi connectivity index (χ0n) is 13.3. The third-order valence-corrected chi connectivity index (χ3v) is 6.38. The van der Waals surface area contributed by atoms with Crippen molar-refractivity contribution in [3.05, 3.63) is 69.8 Å². The van der Waals surface area contributed by atoms with Crippen molar-refractivity contribution in [2.75, 3.05) is 7.05 Å². The lowest BCUT2D eigenvalue weighted by Gasteiger charge is -2.32. The monoisotopic (exact) mass is 346 g/mol. The second kappa shape index (κ2) is 6.33. The van der Waals surface area contributed by atoms with E-state index in [1.54, 1.807) is 7.05 Å². The van der Waals surface area contributed by atoms with E-state index < -0.39 is 14.9 Å². The Balaban J connectivity index is 1.94. The highest BCUT2D eigenvalue weighted by Crippen LogP contribution is 2.36. The number of nitrogens with zero attached hydrogens (tertiary/aromatic N) is 2. The zero-order valence-corrected chi connectivity index (χ0v) is 14.1. The minimum absolute atomic E-state index is 0.0682. The van der Waals surface area contributed by atoms with Crippen LogP contribution >= 0.6 is 0 Å². The van der Waals surface area contributed by atoms with Crippen molar-refractivity contribution < 1.29 is 13.3 Å². The summed E-state index contributed by atoms with van der Waals surface area (Å²) in [6.07, 6.45) is 2.65. The Morgan fingerprint density at radius 3 is 2.46 bits per heavy atom. The number of fused-ring (bicyclic) bond motifs is 1. The summed E-state index contributed by atoms with van der Waals surface area (Å²) in [5.41, 5.74) is 2.09. The van der Waals surface area contributed by atoms with Crippen molar-refractivity contribution in [3.8, 4) is 0 Å². The van der Waals surface area contributed by atoms with E-state index in [0.717, 1.165) is 24.8 Å². The van der Waals surface area contributed by atoms with E-state index in [1.165, 1.54) is 34.1 Å². The van der Waals surface area contributed by atoms with Crippen molar-refractivity contribution in [2.45, 2.75) is 30.2 Å². The molecule has 1 atom stereocenters. The van der Waals surface area contributed by atoms with E-state index in [4.69, 9.17) is 0 Å². The van der Waals surface area contributed by atoms with E-state index >= 15 is 0 Å². The average Bonchev–Trinajstić information content (AvgIpc) is 2.60. The fraction of sp³-hybridized carbons (Fsp3) is 0.294. The maximum absolute atomic E-state index is 12.9. The van der Waals surface area contributed by atoms with Gasteiger partial charge in [-0.2, -0.15) is 4.31 Å². The number of sulfonamides is 1. The van der Waals surface area contributed by atoms with E-state index in [1.807, 2.05) is 24.3 Å². The molecule has 0 fully saturated rings. The third-order valence-electron chi connectivity index (χ3n) is 4.50. The van der Waals surface area contributed by atoms with Crippen molar-refractivity contribution in [2.24, 2.45) is 0 Å². The molecule has 2 aromatic carbocycles. The van der Waals surface area contributed by atoms with Crippen LogP contribution in [0.4, 0.5) is 5.69 Å². The fourth-order valence-corrected chi connectivity index (χ4v) is 4.55. The van der Waals surface area contributed by atoms with Crippen LogP contribution in [0.5, 0.6) is 0 Å². The molecule has 0 spiro atoms. The zero-order chi connectivity index (χ0) is 17.3. The normalized spacial score (nSPS) is 17.5. The highest BCUT2D eigenvalue weighted by molar-refractivity contribution is 7.89. The summed E-state index contributed by atoms with van der Waals surface area (Å²) in [4.78, 5) is 10.3. The minimum atomic E-state index is -3.71. The summed E-state index contributed by atoms with van der Waals surface area (Å²) >= 11 is 0. The predicted octanol–water partition coefficient (Wildman–Crippen LogP) is 3.29. The van der Waals surface area contributed by atoms with Gasteiger partial charge in [-0.1, -0.05) is 24.3 Å². The van der Waals surface area contributed by atoms with Gasteiger partial charge in [-0.3, -0.25) is 10.1 Å². The Labute approximate surface area is 140 Å². The Kier molecular flexibility index (Phi) is 4.38. The fourth-order valence-electron chi connectivity index (χ4n) is 3.18. The van der Waals surface area contributed by atoms with Gasteiger partial charge in [-0.15, -0.1) is 0 Å². The SMILES string of the molecule is CN([C@@H]1CCCc2ccccc21)S(=O)(=O)c1ccc([N+](=O)[O-])cc1. The summed E-state index contributed by atoms with van der Waals surface area (Å²) in [6.45, 7) is 0. The summed E-state index contributed by atoms with van der Waals surface area (Å²) in [5.74, 6) is 0. The van der Waals surface area contributed by atoms with Crippen molar-refractivity contribution in [3.63, 3.8) is 0 Å². The molecule has 6 nitrogen and oxygen atoms in total. The highest BCUT2D eigenvalue weighted by atomic mass is 32.2. The molecule has 24 heavy (non-hydrogen) atoms. The molecule has 0 unspecified atom stereocenters. The maximum Gasteiger partial charge on any atom is 0.269 e. The van der Waals surface area contributed by atoms with Crippen LogP contribution < -0.4 is 0 Å². The van der Waals surface area contributed by atoms with E-state index in [9.17, 15) is 18.5 Å². The Hall–Kier alpha value is -2.25. The molecule has 0 aromatic heterocycles. The van der Waals surface area contributed by atoms with Crippen LogP contribution in [0, 0.1) is 10.1 Å². The van der Waals surface area contributed by atoms with Gasteiger partial charge >= 0.3 is 0 Å². The molecule has 7 heteroatoms. The highest BCUT2D eigenvalue weighted by Gasteiger charge is 2.32. The summed E-state index contributed by atoms with van der Waals surface area (Å²) < 4.78 is 27.1. The van der Waals surface area contributed by atoms with Crippen LogP contribution in [0.25, 0.3) is 0 Å². The average molecular weight is 346 g/mol. The first-order valence-corrected chi connectivity index (χ1v) is 9.15. The van der Waals surface area contributed by atoms with Crippen molar-refractivity contribution in [1.29, 1.82) is 0 Å². The molecular formula is C17H18N2O4S. The molecular weight excluding hydrogens is 328 g/mol. The molecule has 0 aliphatic heterocycles. The van der Waals surface area contributed by atoms with Crippen LogP contribution in [-0.2, 0) is 16.4 Å². The summed E-state index contributed by atoms with van der Waals surface area (Å²) in [6, 6.07) is 12.7. The topological polar surface area (TPSA) is 80.5 Å². The van der Waals surface area contributed by atoms with Gasteiger partial charge in [0.25, 0.3) is 5.69 Å². The lowest BCUT2D eigenvalue weighted by molar-refractivity contribution is -0.384. The number of rotatable bonds is 4. The first-order valence-electron chi connectivity index (χ1n) is 7.71. The molecule has 2 aromatic rings. The number of hydrogen-bond donors (Lipinski definition) is 0. The smallest absolute Gasteiger partial charge is 0.258 e. The quantitative estimate of drug-likeness (QED) is 0.628. The molecule has 0 amide bonds. The van der Waals surface area contributed by atoms with Crippen LogP contribution in [-0.4, -0.2) is 24.7 Å². The number of nitro groups is 1. The van der Waals surface area contributed by atoms with Gasteiger partial charge in [0.2, 0.25) is 10.0 Å². The number of benzene rings is 2. The maximum atomic E-state index is 12.9. The molecule has 0 radical (unpaired) electrons. The van der Waals surface area contributed by atoms with Gasteiger partial charge < -0.3 is 0 Å². The number of non-ortho nitro benzene ring substituents is 1. The van der Waals surface area contributed by atoms with E-state index in [2.05, 4.69) is 0 Å². The van der Waals surface area contributed by atoms with Crippen LogP contribution in [0.1, 0.15) is 30.0 Å². The molecule has 3 rings (SSSR count). The number of aryl methyl sites for hydroxylation is 1. The number of nitro benzene ring substituents is 1. The Morgan fingerprint density at radius 2 is 1.79 bits per heavy atom. The summed E-state index contributed by atoms with van der Waals surface area (Å²) in [7, 11) is -2.14. The lowest BCUT2D eigenvalue weighted by atomic mass is 9.88. The first-order chi connectivity index (χ1) is 11.4. The van der Waals surface area contributed by atoms with Gasteiger partial charge in [-0.05, 0) is 42.5 Å². The second-order valence-electron chi connectivity index (χ2n) is 5.88. The molecule has 1 aliphatic rings. The van der Waals surface area contributed by atoms with Gasteiger partial charge in [0, 0.05) is 25.2 Å². The standard InChI is InChI=1S/C17H18N2O4S/c1-18(17-8-4-6-13-5-2-3-7-16(13)17)24(22,23)15-11-9-14(10-12-15)19(20)21/h2-3,5,7,9-12,17H,4,6,8H2,1H3/t17-/m1/s1. The van der Waals surface area contributed by atoms with Gasteiger partial charge in [0.15, 0.2) is 0 Å². The molecule has 0 N–H and O–H groups in total. The first kappa shape index (κ1) is 16.6. The molecule has 126 valence electrons. The van der Waals surface area contributed by atoms with Crippen LogP contribution in [0.2, 0.25) is 0 Å². The summed E-state index contributed by atoms with van der Waals surface area (Å²) in [5, 5.41) is 10.7. The molecule has 0 saturated heterocycles. The predicted molar refractivity (Wildman–Crippen MR) is 90.2 cm³/mol. The second-order valence-corrected chi connectivity index (χ2v) is 7.88. The van der Waals surface area contributed by atoms with E-state index in [-0.39, 0.29) is 16.6 Å². The van der Waals surface area contributed by atoms with Crippen molar-refractivity contribution in [1.82, 2.24) is 4.31 Å². The minimum Gasteiger partial charge on any atom is -0.258 e.